The summed E-state index contributed by atoms with van der Waals surface area (Å²) in [6, 6.07) is 0. The minimum atomic E-state index is -4.95. The van der Waals surface area contributed by atoms with Crippen molar-refractivity contribution in [2.24, 2.45) is 0 Å². The minimum Gasteiger partial charge on any atom is -0.463 e. The van der Waals surface area contributed by atoms with Gasteiger partial charge in [-0.25, -0.2) is 9.13 Å². The topological polar surface area (TPSA) is 231 Å². The molecular weight excluding hydrogens is 1290 g/mol. The number of allylic oxidation sites excluding steroid dienone is 24. The van der Waals surface area contributed by atoms with E-state index in [1.165, 1.54) is 103 Å². The van der Waals surface area contributed by atoms with Crippen molar-refractivity contribution in [3.05, 3.63) is 146 Å². The van der Waals surface area contributed by atoms with Crippen molar-refractivity contribution in [3.8, 4) is 0 Å². The summed E-state index contributed by atoms with van der Waals surface area (Å²) in [5.41, 5.74) is 0. The van der Waals surface area contributed by atoms with Crippen LogP contribution in [0.3, 0.4) is 0 Å². The predicted molar refractivity (Wildman–Crippen MR) is 408 cm³/mol. The molecule has 16 nitrogen and oxygen atoms in total. The molecule has 5 atom stereocenters. The highest BCUT2D eigenvalue weighted by atomic mass is 31.2. The van der Waals surface area contributed by atoms with Gasteiger partial charge in [0.05, 0.1) is 26.4 Å². The van der Waals surface area contributed by atoms with Gasteiger partial charge in [-0.15, -0.1) is 0 Å². The zero-order valence-corrected chi connectivity index (χ0v) is 63.4. The Balaban J connectivity index is 4.50. The van der Waals surface area contributed by atoms with Gasteiger partial charge in [-0.3, -0.25) is 32.5 Å². The molecule has 0 saturated carbocycles. The van der Waals surface area contributed by atoms with E-state index in [1.807, 2.05) is 18.2 Å². The fraction of sp³-hybridized carbons (Fsp3) is 0.667. The lowest BCUT2D eigenvalue weighted by Crippen LogP contribution is -2.30. The highest BCUT2D eigenvalue weighted by Gasteiger charge is 2.29. The Labute approximate surface area is 600 Å². The standard InChI is InChI=1S/C81H136O16P2/c1-4-7-10-13-16-19-22-25-27-29-31-32-33-34-35-36-37-38-39-40-41-42-44-46-47-50-52-55-58-61-64-67-79(84)91-70-76(82)71-93-98(87,88)94-72-77(83)73-95-99(89,90)96-75-78(97-81(86)69-66-63-60-57-54-49-24-21-18-15-12-9-6-3)74-92-80(85)68-65-62-59-56-53-51-48-45-43-30-28-26-23-20-17-14-11-8-5-2/h8,11-12,15-17,19-21,24-28,31-32,34-35,43,45,51,53,59,62,76-78,82-83H,4-7,9-10,13-14,18,22-23,29-30,33,36-42,44,46-50,52,54-58,60-61,63-75H2,1-3H3,(H,87,88)(H,89,90)/b11-8-,15-12-,19-16-,20-17-,24-21-,27-25-,28-26-,32-31-,35-34-,45-43-,53-51-,62-59-. The molecule has 0 rings (SSSR count). The molecule has 0 aliphatic carbocycles. The van der Waals surface area contributed by atoms with E-state index >= 15 is 0 Å². The van der Waals surface area contributed by atoms with Crippen LogP contribution in [-0.4, -0.2) is 95.9 Å². The molecule has 0 heterocycles. The van der Waals surface area contributed by atoms with E-state index in [0.29, 0.717) is 25.7 Å². The molecule has 0 amide bonds. The highest BCUT2D eigenvalue weighted by Crippen LogP contribution is 2.45. The molecule has 0 fully saturated rings. The lowest BCUT2D eigenvalue weighted by molar-refractivity contribution is -0.161. The molecule has 0 saturated heterocycles. The van der Waals surface area contributed by atoms with Crippen LogP contribution in [0.2, 0.25) is 0 Å². The second-order valence-corrected chi connectivity index (χ2v) is 28.0. The van der Waals surface area contributed by atoms with Crippen molar-refractivity contribution in [2.45, 2.75) is 309 Å². The first-order valence-corrected chi connectivity index (χ1v) is 41.1. The zero-order valence-electron chi connectivity index (χ0n) is 61.6. The Bertz CT molecular complexity index is 2380. The number of carbonyl (C=O) groups is 3. The Morgan fingerprint density at radius 3 is 0.949 bits per heavy atom. The van der Waals surface area contributed by atoms with Gasteiger partial charge in [-0.05, 0) is 128 Å². The number of hydrogen-bond acceptors (Lipinski definition) is 14. The number of aliphatic hydroxyl groups excluding tert-OH is 2. The van der Waals surface area contributed by atoms with E-state index in [2.05, 4.69) is 148 Å². The van der Waals surface area contributed by atoms with Crippen LogP contribution < -0.4 is 0 Å². The number of rotatable bonds is 71. The summed E-state index contributed by atoms with van der Waals surface area (Å²) in [6.45, 7) is 2.35. The number of phosphoric acid groups is 2. The summed E-state index contributed by atoms with van der Waals surface area (Å²) in [4.78, 5) is 58.4. The van der Waals surface area contributed by atoms with Crippen LogP contribution in [0, 0.1) is 0 Å². The average Bonchev–Trinajstić information content (AvgIpc) is 1.06. The molecule has 0 radical (unpaired) electrons. The Morgan fingerprint density at radius 1 is 0.293 bits per heavy atom. The minimum absolute atomic E-state index is 0.0382. The maximum absolute atomic E-state index is 12.9. The molecule has 0 aromatic rings. The maximum atomic E-state index is 12.9. The van der Waals surface area contributed by atoms with E-state index in [1.54, 1.807) is 0 Å². The SMILES string of the molecule is CC/C=C\C/C=C\C/C=C\C/C=C\C/C=C\C/C=C\CCC(=O)OCC(COP(=O)(O)OCC(O)COP(=O)(O)OCC(O)COC(=O)CCCCCCCCCCCCCCCCC/C=C\C/C=C\C/C=C\C/C=C\CCCCC)OC(=O)CCCCCCC/C=C\C/C=C\CCC. The van der Waals surface area contributed by atoms with Crippen molar-refractivity contribution in [1.29, 1.82) is 0 Å². The fourth-order valence-electron chi connectivity index (χ4n) is 9.74. The lowest BCUT2D eigenvalue weighted by Gasteiger charge is -2.21. The number of unbranched alkanes of at least 4 members (excludes halogenated alkanes) is 24. The molecule has 566 valence electrons. The third-order valence-corrected chi connectivity index (χ3v) is 17.4. The van der Waals surface area contributed by atoms with Gasteiger partial charge in [-0.2, -0.15) is 0 Å². The molecule has 0 aromatic heterocycles. The van der Waals surface area contributed by atoms with Crippen molar-refractivity contribution < 1.29 is 75.8 Å². The first-order valence-electron chi connectivity index (χ1n) is 38.1. The largest absolute Gasteiger partial charge is 0.472 e. The van der Waals surface area contributed by atoms with E-state index in [4.69, 9.17) is 32.3 Å². The van der Waals surface area contributed by atoms with Crippen molar-refractivity contribution in [3.63, 3.8) is 0 Å². The molecular formula is C81H136O16P2. The number of ether oxygens (including phenoxy) is 3. The van der Waals surface area contributed by atoms with Gasteiger partial charge in [0.1, 0.15) is 25.4 Å². The van der Waals surface area contributed by atoms with Gasteiger partial charge in [0.15, 0.2) is 6.10 Å². The summed E-state index contributed by atoms with van der Waals surface area (Å²) < 4.78 is 60.9. The van der Waals surface area contributed by atoms with Gasteiger partial charge >= 0.3 is 33.6 Å². The number of carbonyl (C=O) groups excluding carboxylic acids is 3. The van der Waals surface area contributed by atoms with Crippen LogP contribution in [0.15, 0.2) is 146 Å². The van der Waals surface area contributed by atoms with Crippen molar-refractivity contribution in [2.75, 3.05) is 39.6 Å². The predicted octanol–water partition coefficient (Wildman–Crippen LogP) is 22.1. The Kier molecular flexibility index (Phi) is 69.8. The summed E-state index contributed by atoms with van der Waals surface area (Å²) in [7, 11) is -9.81. The van der Waals surface area contributed by atoms with E-state index in [0.717, 1.165) is 122 Å². The van der Waals surface area contributed by atoms with E-state index in [-0.39, 0.29) is 19.3 Å². The summed E-state index contributed by atoms with van der Waals surface area (Å²) in [5, 5.41) is 20.6. The normalized spacial score (nSPS) is 14.9. The van der Waals surface area contributed by atoms with Crippen LogP contribution in [0.25, 0.3) is 0 Å². The summed E-state index contributed by atoms with van der Waals surface area (Å²) in [6.07, 6.45) is 89.3. The number of phosphoric ester groups is 2. The molecule has 18 heteroatoms. The van der Waals surface area contributed by atoms with Crippen molar-refractivity contribution >= 4 is 33.6 Å². The van der Waals surface area contributed by atoms with Crippen LogP contribution in [0.5, 0.6) is 0 Å². The van der Waals surface area contributed by atoms with Crippen LogP contribution in [0.4, 0.5) is 0 Å². The van der Waals surface area contributed by atoms with E-state index < -0.39 is 91.5 Å². The maximum Gasteiger partial charge on any atom is 0.472 e. The third-order valence-electron chi connectivity index (χ3n) is 15.5. The van der Waals surface area contributed by atoms with E-state index in [9.17, 15) is 43.5 Å². The van der Waals surface area contributed by atoms with Crippen LogP contribution >= 0.6 is 15.6 Å². The molecule has 0 aliphatic heterocycles. The van der Waals surface area contributed by atoms with Gasteiger partial charge in [0, 0.05) is 19.3 Å². The summed E-state index contributed by atoms with van der Waals surface area (Å²) >= 11 is 0. The molecule has 4 N–H and O–H groups in total. The second kappa shape index (κ2) is 73.2. The second-order valence-electron chi connectivity index (χ2n) is 25.1. The number of hydrogen-bond donors (Lipinski definition) is 4. The number of aliphatic hydroxyl groups is 2. The van der Waals surface area contributed by atoms with Gasteiger partial charge in [0.2, 0.25) is 0 Å². The Morgan fingerprint density at radius 2 is 0.576 bits per heavy atom. The molecule has 5 unspecified atom stereocenters. The first-order chi connectivity index (χ1) is 48.2. The van der Waals surface area contributed by atoms with Crippen LogP contribution in [-0.2, 0) is 55.8 Å². The highest BCUT2D eigenvalue weighted by molar-refractivity contribution is 7.47. The monoisotopic (exact) mass is 1430 g/mol. The Hall–Kier alpha value is -4.57. The number of esters is 3. The molecule has 0 bridgehead atoms. The molecule has 0 aromatic carbocycles. The van der Waals surface area contributed by atoms with Crippen molar-refractivity contribution in [1.82, 2.24) is 0 Å². The summed E-state index contributed by atoms with van der Waals surface area (Å²) in [5.74, 6) is -1.70. The quantitative estimate of drug-likeness (QED) is 0.0146. The van der Waals surface area contributed by atoms with Crippen LogP contribution in [0.1, 0.15) is 290 Å². The van der Waals surface area contributed by atoms with Gasteiger partial charge in [0.25, 0.3) is 0 Å². The molecule has 0 aliphatic rings. The van der Waals surface area contributed by atoms with Gasteiger partial charge in [-0.1, -0.05) is 289 Å². The third kappa shape index (κ3) is 74.4. The molecule has 0 spiro atoms. The smallest absolute Gasteiger partial charge is 0.463 e. The average molecular weight is 1430 g/mol. The molecule has 99 heavy (non-hydrogen) atoms. The first kappa shape index (κ1) is 94.4. The lowest BCUT2D eigenvalue weighted by atomic mass is 10.0. The van der Waals surface area contributed by atoms with Gasteiger partial charge < -0.3 is 34.2 Å². The zero-order chi connectivity index (χ0) is 72.3. The fourth-order valence-corrected chi connectivity index (χ4v) is 11.3.